The van der Waals surface area contributed by atoms with Gasteiger partial charge < -0.3 is 9.84 Å². The van der Waals surface area contributed by atoms with E-state index in [9.17, 15) is 13.6 Å². The highest BCUT2D eigenvalue weighted by Gasteiger charge is 2.20. The van der Waals surface area contributed by atoms with Gasteiger partial charge in [-0.1, -0.05) is 0 Å². The summed E-state index contributed by atoms with van der Waals surface area (Å²) in [5.74, 6) is -0.812. The Morgan fingerprint density at radius 2 is 2.24 bits per heavy atom. The molecule has 0 aliphatic heterocycles. The van der Waals surface area contributed by atoms with Gasteiger partial charge in [-0.25, -0.2) is 13.6 Å². The first kappa shape index (κ1) is 13.1. The van der Waals surface area contributed by atoms with Gasteiger partial charge in [0.2, 0.25) is 0 Å². The van der Waals surface area contributed by atoms with E-state index in [0.717, 1.165) is 19.2 Å². The number of methoxy groups -OCH3 is 1. The standard InChI is InChI=1S/C11H9F2NO3/c1-17-11(16)6-2-7(4-14)9(5-15)8(3-6)10(12)13/h2-3,10,15H,5H2,1H3. The molecule has 0 bridgehead atoms. The van der Waals surface area contributed by atoms with Crippen molar-refractivity contribution < 1.29 is 23.4 Å². The van der Waals surface area contributed by atoms with Crippen LogP contribution in [0.2, 0.25) is 0 Å². The first-order valence-corrected chi connectivity index (χ1v) is 4.59. The molecule has 4 nitrogen and oxygen atoms in total. The predicted molar refractivity (Wildman–Crippen MR) is 53.4 cm³/mol. The second-order valence-corrected chi connectivity index (χ2v) is 3.15. The van der Waals surface area contributed by atoms with Gasteiger partial charge in [0.1, 0.15) is 0 Å². The summed E-state index contributed by atoms with van der Waals surface area (Å²) in [5, 5.41) is 17.7. The second kappa shape index (κ2) is 5.37. The van der Waals surface area contributed by atoms with Gasteiger partial charge in [0.25, 0.3) is 6.43 Å². The van der Waals surface area contributed by atoms with Crippen LogP contribution in [-0.4, -0.2) is 18.2 Å². The van der Waals surface area contributed by atoms with E-state index in [4.69, 9.17) is 10.4 Å². The van der Waals surface area contributed by atoms with Crippen molar-refractivity contribution >= 4 is 5.97 Å². The zero-order valence-corrected chi connectivity index (χ0v) is 8.91. The number of halogens is 2. The molecule has 0 saturated carbocycles. The summed E-state index contributed by atoms with van der Waals surface area (Å²) in [7, 11) is 1.11. The number of nitrogens with zero attached hydrogens (tertiary/aromatic N) is 1. The summed E-state index contributed by atoms with van der Waals surface area (Å²) in [6.07, 6.45) is -2.88. The number of nitriles is 1. The molecule has 0 aliphatic rings. The monoisotopic (exact) mass is 241 g/mol. The third-order valence-corrected chi connectivity index (χ3v) is 2.22. The van der Waals surface area contributed by atoms with Crippen molar-refractivity contribution in [3.8, 4) is 6.07 Å². The lowest BCUT2D eigenvalue weighted by molar-refractivity contribution is 0.0600. The van der Waals surface area contributed by atoms with Crippen LogP contribution in [0.15, 0.2) is 12.1 Å². The van der Waals surface area contributed by atoms with Crippen molar-refractivity contribution in [1.29, 1.82) is 5.26 Å². The maximum absolute atomic E-state index is 12.7. The van der Waals surface area contributed by atoms with Crippen molar-refractivity contribution in [3.63, 3.8) is 0 Å². The molecule has 0 unspecified atom stereocenters. The minimum absolute atomic E-state index is 0.142. The highest BCUT2D eigenvalue weighted by atomic mass is 19.3. The number of aliphatic hydroxyl groups is 1. The molecule has 0 fully saturated rings. The fraction of sp³-hybridized carbons (Fsp3) is 0.273. The molecule has 0 heterocycles. The summed E-state index contributed by atoms with van der Waals surface area (Å²) in [5.41, 5.74) is -1.01. The van der Waals surface area contributed by atoms with Crippen LogP contribution in [0.4, 0.5) is 8.78 Å². The molecular formula is C11H9F2NO3. The average Bonchev–Trinajstić information content (AvgIpc) is 2.35. The molecule has 90 valence electrons. The van der Waals surface area contributed by atoms with Gasteiger partial charge in [0.05, 0.1) is 30.9 Å². The minimum atomic E-state index is -2.88. The number of ether oxygens (including phenoxy) is 1. The molecule has 1 N–H and O–H groups in total. The summed E-state index contributed by atoms with van der Waals surface area (Å²) in [4.78, 5) is 11.2. The third-order valence-electron chi connectivity index (χ3n) is 2.22. The summed E-state index contributed by atoms with van der Waals surface area (Å²) in [6, 6.07) is 3.69. The Labute approximate surface area is 96.0 Å². The Bertz CT molecular complexity index is 480. The van der Waals surface area contributed by atoms with Crippen molar-refractivity contribution in [3.05, 3.63) is 34.4 Å². The Balaban J connectivity index is 3.47. The Morgan fingerprint density at radius 1 is 1.59 bits per heavy atom. The number of hydrogen-bond donors (Lipinski definition) is 1. The Hall–Kier alpha value is -2.00. The van der Waals surface area contributed by atoms with Crippen molar-refractivity contribution in [2.75, 3.05) is 7.11 Å². The van der Waals surface area contributed by atoms with E-state index in [1.165, 1.54) is 0 Å². The highest BCUT2D eigenvalue weighted by Crippen LogP contribution is 2.27. The topological polar surface area (TPSA) is 70.3 Å². The van der Waals surface area contributed by atoms with Crippen molar-refractivity contribution in [1.82, 2.24) is 0 Å². The number of carbonyl (C=O) groups is 1. The molecule has 0 aromatic heterocycles. The van der Waals surface area contributed by atoms with E-state index in [2.05, 4.69) is 4.74 Å². The molecule has 6 heteroatoms. The van der Waals surface area contributed by atoms with Crippen LogP contribution in [0.25, 0.3) is 0 Å². The van der Waals surface area contributed by atoms with E-state index in [-0.39, 0.29) is 16.7 Å². The maximum Gasteiger partial charge on any atom is 0.337 e. The number of hydrogen-bond acceptors (Lipinski definition) is 4. The lowest BCUT2D eigenvalue weighted by atomic mass is 9.98. The molecule has 1 aromatic rings. The fourth-order valence-electron chi connectivity index (χ4n) is 1.40. The zero-order chi connectivity index (χ0) is 13.0. The minimum Gasteiger partial charge on any atom is -0.465 e. The third kappa shape index (κ3) is 2.57. The number of aliphatic hydroxyl groups excluding tert-OH is 1. The van der Waals surface area contributed by atoms with Crippen LogP contribution < -0.4 is 0 Å². The van der Waals surface area contributed by atoms with Gasteiger partial charge in [0.15, 0.2) is 0 Å². The van der Waals surface area contributed by atoms with E-state index in [1.54, 1.807) is 6.07 Å². The molecule has 17 heavy (non-hydrogen) atoms. The average molecular weight is 241 g/mol. The van der Waals surface area contributed by atoms with Crippen LogP contribution in [0, 0.1) is 11.3 Å². The Kier molecular flexibility index (Phi) is 4.12. The van der Waals surface area contributed by atoms with Crippen molar-refractivity contribution in [2.45, 2.75) is 13.0 Å². The number of benzene rings is 1. The van der Waals surface area contributed by atoms with Crippen molar-refractivity contribution in [2.24, 2.45) is 0 Å². The first-order chi connectivity index (χ1) is 8.04. The summed E-state index contributed by atoms with van der Waals surface area (Å²) in [6.45, 7) is -0.690. The molecule has 1 aromatic carbocycles. The van der Waals surface area contributed by atoms with Gasteiger partial charge in [0, 0.05) is 11.1 Å². The van der Waals surface area contributed by atoms with Crippen LogP contribution in [0.1, 0.15) is 33.5 Å². The number of rotatable bonds is 3. The number of esters is 1. The predicted octanol–water partition coefficient (Wildman–Crippen LogP) is 1.77. The molecule has 0 radical (unpaired) electrons. The molecule has 0 spiro atoms. The van der Waals surface area contributed by atoms with Gasteiger partial charge in [-0.3, -0.25) is 0 Å². The van der Waals surface area contributed by atoms with Crippen LogP contribution in [0.5, 0.6) is 0 Å². The van der Waals surface area contributed by atoms with Gasteiger partial charge in [-0.2, -0.15) is 5.26 Å². The second-order valence-electron chi connectivity index (χ2n) is 3.15. The normalized spacial score (nSPS) is 10.1. The summed E-state index contributed by atoms with van der Waals surface area (Å²) >= 11 is 0. The van der Waals surface area contributed by atoms with Gasteiger partial charge in [-0.05, 0) is 12.1 Å². The summed E-state index contributed by atoms with van der Waals surface area (Å²) < 4.78 is 29.8. The van der Waals surface area contributed by atoms with Crippen LogP contribution in [0.3, 0.4) is 0 Å². The lowest BCUT2D eigenvalue weighted by Crippen LogP contribution is -2.07. The quantitative estimate of drug-likeness (QED) is 0.819. The van der Waals surface area contributed by atoms with Gasteiger partial charge in [-0.15, -0.1) is 0 Å². The number of alkyl halides is 2. The van der Waals surface area contributed by atoms with Crippen LogP contribution in [-0.2, 0) is 11.3 Å². The highest BCUT2D eigenvalue weighted by molar-refractivity contribution is 5.90. The van der Waals surface area contributed by atoms with E-state index < -0.39 is 24.6 Å². The van der Waals surface area contributed by atoms with Gasteiger partial charge >= 0.3 is 5.97 Å². The van der Waals surface area contributed by atoms with E-state index in [1.807, 2.05) is 0 Å². The largest absolute Gasteiger partial charge is 0.465 e. The molecular weight excluding hydrogens is 232 g/mol. The molecule has 1 rings (SSSR count). The lowest BCUT2D eigenvalue weighted by Gasteiger charge is -2.10. The SMILES string of the molecule is COC(=O)c1cc(C#N)c(CO)c(C(F)F)c1. The van der Waals surface area contributed by atoms with E-state index in [0.29, 0.717) is 0 Å². The maximum atomic E-state index is 12.7. The molecule has 0 aliphatic carbocycles. The fourth-order valence-corrected chi connectivity index (χ4v) is 1.40. The van der Waals surface area contributed by atoms with E-state index >= 15 is 0 Å². The molecule has 0 saturated heterocycles. The molecule has 0 amide bonds. The Morgan fingerprint density at radius 3 is 2.65 bits per heavy atom. The first-order valence-electron chi connectivity index (χ1n) is 4.59. The van der Waals surface area contributed by atoms with Crippen LogP contribution >= 0.6 is 0 Å². The smallest absolute Gasteiger partial charge is 0.337 e. The molecule has 0 atom stereocenters. The number of carbonyl (C=O) groups excluding carboxylic acids is 1. The zero-order valence-electron chi connectivity index (χ0n) is 8.91.